The molecule has 2 aromatic heterocycles. The van der Waals surface area contributed by atoms with Crippen molar-refractivity contribution in [2.24, 2.45) is 0 Å². The molecule has 1 aromatic carbocycles. The summed E-state index contributed by atoms with van der Waals surface area (Å²) in [6.07, 6.45) is -3.16. The second-order valence-electron chi connectivity index (χ2n) is 3.62. The molecule has 0 radical (unpaired) electrons. The van der Waals surface area contributed by atoms with Crippen LogP contribution < -0.4 is 0 Å². The molecule has 0 fully saturated rings. The van der Waals surface area contributed by atoms with Crippen LogP contribution in [0.25, 0.3) is 16.4 Å². The molecular formula is C11H6F3N3. The zero-order valence-electron chi connectivity index (χ0n) is 8.44. The molecule has 6 heteroatoms. The zero-order chi connectivity index (χ0) is 12.0. The third kappa shape index (κ3) is 1.44. The van der Waals surface area contributed by atoms with E-state index in [1.54, 1.807) is 18.2 Å². The summed E-state index contributed by atoms with van der Waals surface area (Å²) in [7, 11) is 0. The average Bonchev–Trinajstić information content (AvgIpc) is 2.72. The highest BCUT2D eigenvalue weighted by Crippen LogP contribution is 2.29. The zero-order valence-corrected chi connectivity index (χ0v) is 8.44. The van der Waals surface area contributed by atoms with E-state index < -0.39 is 12.0 Å². The van der Waals surface area contributed by atoms with E-state index in [0.717, 1.165) is 9.79 Å². The van der Waals surface area contributed by atoms with Crippen LogP contribution in [0, 0.1) is 0 Å². The first-order valence-corrected chi connectivity index (χ1v) is 4.87. The minimum Gasteiger partial charge on any atom is -0.278 e. The SMILES string of the molecule is FC(F)(F)c1nnc2c3ccccc3ccn12. The van der Waals surface area contributed by atoms with Gasteiger partial charge in [0.15, 0.2) is 5.65 Å². The Morgan fingerprint density at radius 2 is 1.76 bits per heavy atom. The minimum absolute atomic E-state index is 0.218. The summed E-state index contributed by atoms with van der Waals surface area (Å²) in [4.78, 5) is 0. The summed E-state index contributed by atoms with van der Waals surface area (Å²) >= 11 is 0. The van der Waals surface area contributed by atoms with Crippen molar-refractivity contribution in [2.45, 2.75) is 6.18 Å². The molecule has 0 saturated carbocycles. The molecule has 0 saturated heterocycles. The van der Waals surface area contributed by atoms with Crippen LogP contribution in [0.15, 0.2) is 36.5 Å². The molecule has 2 heterocycles. The van der Waals surface area contributed by atoms with E-state index in [1.165, 1.54) is 6.20 Å². The fourth-order valence-corrected chi connectivity index (χ4v) is 1.81. The Morgan fingerprint density at radius 1 is 1.00 bits per heavy atom. The minimum atomic E-state index is -4.50. The summed E-state index contributed by atoms with van der Waals surface area (Å²) in [5, 5.41) is 8.30. The van der Waals surface area contributed by atoms with Crippen LogP contribution in [0.5, 0.6) is 0 Å². The van der Waals surface area contributed by atoms with E-state index in [9.17, 15) is 13.2 Å². The quantitative estimate of drug-likeness (QED) is 0.601. The molecule has 0 unspecified atom stereocenters. The van der Waals surface area contributed by atoms with Crippen LogP contribution in [0.3, 0.4) is 0 Å². The van der Waals surface area contributed by atoms with Gasteiger partial charge in [0.1, 0.15) is 0 Å². The van der Waals surface area contributed by atoms with Gasteiger partial charge in [0, 0.05) is 11.6 Å². The van der Waals surface area contributed by atoms with Crippen molar-refractivity contribution in [1.29, 1.82) is 0 Å². The van der Waals surface area contributed by atoms with Crippen LogP contribution in [-0.4, -0.2) is 14.6 Å². The lowest BCUT2D eigenvalue weighted by atomic mass is 10.2. The highest BCUT2D eigenvalue weighted by molar-refractivity contribution is 5.93. The Morgan fingerprint density at radius 3 is 2.53 bits per heavy atom. The van der Waals surface area contributed by atoms with Crippen LogP contribution in [0.2, 0.25) is 0 Å². The van der Waals surface area contributed by atoms with E-state index in [4.69, 9.17) is 0 Å². The van der Waals surface area contributed by atoms with Gasteiger partial charge in [-0.2, -0.15) is 13.2 Å². The molecule has 0 aliphatic heterocycles. The van der Waals surface area contributed by atoms with Gasteiger partial charge in [-0.05, 0) is 11.5 Å². The maximum Gasteiger partial charge on any atom is 0.452 e. The first-order chi connectivity index (χ1) is 8.07. The van der Waals surface area contributed by atoms with Gasteiger partial charge in [-0.25, -0.2) is 0 Å². The van der Waals surface area contributed by atoms with Crippen molar-refractivity contribution in [3.05, 3.63) is 42.4 Å². The number of rotatable bonds is 0. The van der Waals surface area contributed by atoms with E-state index in [2.05, 4.69) is 10.2 Å². The molecule has 86 valence electrons. The third-order valence-corrected chi connectivity index (χ3v) is 2.55. The van der Waals surface area contributed by atoms with Crippen molar-refractivity contribution in [1.82, 2.24) is 14.6 Å². The van der Waals surface area contributed by atoms with Crippen molar-refractivity contribution >= 4 is 16.4 Å². The van der Waals surface area contributed by atoms with Crippen LogP contribution >= 0.6 is 0 Å². The van der Waals surface area contributed by atoms with Crippen molar-refractivity contribution in [3.8, 4) is 0 Å². The highest BCUT2D eigenvalue weighted by Gasteiger charge is 2.36. The molecule has 3 rings (SSSR count). The highest BCUT2D eigenvalue weighted by atomic mass is 19.4. The van der Waals surface area contributed by atoms with E-state index in [0.29, 0.717) is 5.39 Å². The predicted molar refractivity (Wildman–Crippen MR) is 55.5 cm³/mol. The summed E-state index contributed by atoms with van der Waals surface area (Å²) in [5.41, 5.74) is 0.218. The summed E-state index contributed by atoms with van der Waals surface area (Å²) in [5.74, 6) is -1.00. The number of alkyl halides is 3. The second kappa shape index (κ2) is 3.19. The molecule has 0 amide bonds. The molecule has 0 bridgehead atoms. The first-order valence-electron chi connectivity index (χ1n) is 4.87. The largest absolute Gasteiger partial charge is 0.452 e. The molecule has 0 spiro atoms. The number of aromatic nitrogens is 3. The summed E-state index contributed by atoms with van der Waals surface area (Å²) in [6.45, 7) is 0. The van der Waals surface area contributed by atoms with Crippen LogP contribution in [0.4, 0.5) is 13.2 Å². The number of fused-ring (bicyclic) bond motifs is 3. The van der Waals surface area contributed by atoms with Crippen LogP contribution in [-0.2, 0) is 6.18 Å². The van der Waals surface area contributed by atoms with Crippen molar-refractivity contribution in [2.75, 3.05) is 0 Å². The number of halogens is 3. The van der Waals surface area contributed by atoms with Gasteiger partial charge in [0.2, 0.25) is 5.82 Å². The topological polar surface area (TPSA) is 30.2 Å². The number of nitrogens with zero attached hydrogens (tertiary/aromatic N) is 3. The third-order valence-electron chi connectivity index (χ3n) is 2.55. The number of hydrogen-bond donors (Lipinski definition) is 0. The van der Waals surface area contributed by atoms with Gasteiger partial charge in [0.25, 0.3) is 0 Å². The summed E-state index contributed by atoms with van der Waals surface area (Å²) in [6, 6.07) is 8.72. The second-order valence-corrected chi connectivity index (χ2v) is 3.62. The Hall–Kier alpha value is -2.11. The molecule has 0 atom stereocenters. The molecule has 3 nitrogen and oxygen atoms in total. The molecule has 0 aliphatic rings. The summed E-state index contributed by atoms with van der Waals surface area (Å²) < 4.78 is 38.8. The Kier molecular flexibility index (Phi) is 1.89. The number of hydrogen-bond acceptors (Lipinski definition) is 2. The lowest BCUT2D eigenvalue weighted by Crippen LogP contribution is -2.10. The molecule has 17 heavy (non-hydrogen) atoms. The Labute approximate surface area is 93.5 Å². The van der Waals surface area contributed by atoms with Crippen molar-refractivity contribution < 1.29 is 13.2 Å². The molecule has 0 aliphatic carbocycles. The predicted octanol–water partition coefficient (Wildman–Crippen LogP) is 2.90. The fourth-order valence-electron chi connectivity index (χ4n) is 1.81. The number of benzene rings is 1. The smallest absolute Gasteiger partial charge is 0.278 e. The van der Waals surface area contributed by atoms with Gasteiger partial charge in [0.05, 0.1) is 0 Å². The maximum absolute atomic E-state index is 12.6. The maximum atomic E-state index is 12.6. The monoisotopic (exact) mass is 237 g/mol. The van der Waals surface area contributed by atoms with Gasteiger partial charge in [-0.1, -0.05) is 24.3 Å². The normalized spacial score (nSPS) is 12.4. The van der Waals surface area contributed by atoms with Gasteiger partial charge >= 0.3 is 6.18 Å². The van der Waals surface area contributed by atoms with E-state index in [-0.39, 0.29) is 5.65 Å². The van der Waals surface area contributed by atoms with Crippen LogP contribution in [0.1, 0.15) is 5.82 Å². The van der Waals surface area contributed by atoms with Gasteiger partial charge < -0.3 is 0 Å². The average molecular weight is 237 g/mol. The first kappa shape index (κ1) is 10.1. The molecule has 3 aromatic rings. The van der Waals surface area contributed by atoms with Crippen molar-refractivity contribution in [3.63, 3.8) is 0 Å². The van der Waals surface area contributed by atoms with E-state index in [1.807, 2.05) is 12.1 Å². The molecular weight excluding hydrogens is 231 g/mol. The lowest BCUT2D eigenvalue weighted by Gasteiger charge is -2.04. The van der Waals surface area contributed by atoms with Gasteiger partial charge in [-0.15, -0.1) is 10.2 Å². The molecule has 0 N–H and O–H groups in total. The Balaban J connectivity index is 2.43. The van der Waals surface area contributed by atoms with Gasteiger partial charge in [-0.3, -0.25) is 4.40 Å². The van der Waals surface area contributed by atoms with E-state index >= 15 is 0 Å². The lowest BCUT2D eigenvalue weighted by molar-refractivity contribution is -0.145. The number of pyridine rings is 1. The Bertz CT molecular complexity index is 700. The standard InChI is InChI=1S/C11H6F3N3/c12-11(13,14)10-16-15-9-8-4-2-1-3-7(8)5-6-17(9)10/h1-6H. The fraction of sp³-hybridized carbons (Fsp3) is 0.0909.